The van der Waals surface area contributed by atoms with E-state index in [0.717, 1.165) is 12.8 Å². The van der Waals surface area contributed by atoms with Gasteiger partial charge in [-0.15, -0.1) is 0 Å². The van der Waals surface area contributed by atoms with Crippen molar-refractivity contribution < 1.29 is 0 Å². The molecule has 1 aromatic rings. The molecule has 1 aromatic carbocycles. The molecule has 1 aliphatic rings. The minimum absolute atomic E-state index is 0.105. The van der Waals surface area contributed by atoms with Gasteiger partial charge < -0.3 is 5.73 Å². The Bertz CT molecular complexity index is 424. The summed E-state index contributed by atoms with van der Waals surface area (Å²) in [7, 11) is 0. The number of benzene rings is 1. The first-order valence-corrected chi connectivity index (χ1v) is 7.52. The van der Waals surface area contributed by atoms with Crippen molar-refractivity contribution in [2.45, 2.75) is 71.3 Å². The van der Waals surface area contributed by atoms with Gasteiger partial charge in [0, 0.05) is 5.54 Å². The van der Waals surface area contributed by atoms with Gasteiger partial charge in [-0.1, -0.05) is 58.9 Å². The average molecular weight is 259 g/mol. The van der Waals surface area contributed by atoms with Crippen molar-refractivity contribution in [1.29, 1.82) is 0 Å². The summed E-state index contributed by atoms with van der Waals surface area (Å²) < 4.78 is 0. The van der Waals surface area contributed by atoms with E-state index in [4.69, 9.17) is 5.73 Å². The van der Waals surface area contributed by atoms with Gasteiger partial charge in [-0.2, -0.15) is 0 Å². The van der Waals surface area contributed by atoms with Gasteiger partial charge in [0.25, 0.3) is 0 Å². The van der Waals surface area contributed by atoms with Gasteiger partial charge >= 0.3 is 0 Å². The lowest BCUT2D eigenvalue weighted by molar-refractivity contribution is 0.165. The maximum absolute atomic E-state index is 6.66. The Hall–Kier alpha value is -0.820. The van der Waals surface area contributed by atoms with Gasteiger partial charge in [-0.05, 0) is 47.6 Å². The minimum atomic E-state index is -0.105. The van der Waals surface area contributed by atoms with Gasteiger partial charge in [0.2, 0.25) is 0 Å². The monoisotopic (exact) mass is 259 g/mol. The van der Waals surface area contributed by atoms with E-state index < -0.39 is 0 Å². The van der Waals surface area contributed by atoms with E-state index in [1.165, 1.54) is 24.0 Å². The average Bonchev–Trinajstić information content (AvgIpc) is 2.33. The Morgan fingerprint density at radius 3 is 1.79 bits per heavy atom. The van der Waals surface area contributed by atoms with Crippen LogP contribution in [0.4, 0.5) is 0 Å². The summed E-state index contributed by atoms with van der Waals surface area (Å²) in [5.41, 5.74) is 9.94. The smallest absolute Gasteiger partial charge is 0.0410 e. The Labute approximate surface area is 118 Å². The highest BCUT2D eigenvalue weighted by molar-refractivity contribution is 5.32. The standard InChI is InChI=1S/C18H29N/c1-16(2,3)14-6-8-15(9-7-14)18(19)12-10-17(4,5)11-13-18/h6-9H,10-13,19H2,1-5H3. The molecule has 2 rings (SSSR count). The van der Waals surface area contributed by atoms with Crippen molar-refractivity contribution >= 4 is 0 Å². The first-order chi connectivity index (χ1) is 8.62. The molecule has 0 spiro atoms. The molecular formula is C18H29N. The van der Waals surface area contributed by atoms with Crippen molar-refractivity contribution in [3.63, 3.8) is 0 Å². The summed E-state index contributed by atoms with van der Waals surface area (Å²) in [6, 6.07) is 9.01. The van der Waals surface area contributed by atoms with Crippen molar-refractivity contribution in [3.05, 3.63) is 35.4 Å². The van der Waals surface area contributed by atoms with E-state index in [-0.39, 0.29) is 11.0 Å². The molecule has 1 nitrogen and oxygen atoms in total. The largest absolute Gasteiger partial charge is 0.321 e. The molecule has 0 amide bonds. The van der Waals surface area contributed by atoms with Crippen LogP contribution in [0.3, 0.4) is 0 Å². The molecule has 0 aromatic heterocycles. The third-order valence-electron chi connectivity index (χ3n) is 4.82. The van der Waals surface area contributed by atoms with Crippen LogP contribution in [0.25, 0.3) is 0 Å². The van der Waals surface area contributed by atoms with Crippen molar-refractivity contribution in [1.82, 2.24) is 0 Å². The molecule has 1 aliphatic carbocycles. The molecule has 1 heteroatoms. The third-order valence-corrected chi connectivity index (χ3v) is 4.82. The Morgan fingerprint density at radius 2 is 1.37 bits per heavy atom. The molecule has 0 unspecified atom stereocenters. The predicted octanol–water partition coefficient (Wildman–Crippen LogP) is 4.74. The second kappa shape index (κ2) is 4.63. The summed E-state index contributed by atoms with van der Waals surface area (Å²) in [6.45, 7) is 11.5. The summed E-state index contributed by atoms with van der Waals surface area (Å²) in [5.74, 6) is 0. The molecule has 2 N–H and O–H groups in total. The van der Waals surface area contributed by atoms with Crippen LogP contribution in [0, 0.1) is 5.41 Å². The van der Waals surface area contributed by atoms with E-state index in [1.807, 2.05) is 0 Å². The van der Waals surface area contributed by atoms with E-state index in [1.54, 1.807) is 0 Å². The van der Waals surface area contributed by atoms with Crippen LogP contribution in [-0.2, 0) is 11.0 Å². The first kappa shape index (κ1) is 14.6. The second-order valence-corrected chi connectivity index (χ2v) is 8.15. The topological polar surface area (TPSA) is 26.0 Å². The molecular weight excluding hydrogens is 230 g/mol. The zero-order chi connectivity index (χ0) is 14.3. The number of rotatable bonds is 1. The lowest BCUT2D eigenvalue weighted by Crippen LogP contribution is -2.42. The highest BCUT2D eigenvalue weighted by Crippen LogP contribution is 2.43. The van der Waals surface area contributed by atoms with Gasteiger partial charge in [0.15, 0.2) is 0 Å². The second-order valence-electron chi connectivity index (χ2n) is 8.15. The zero-order valence-corrected chi connectivity index (χ0v) is 13.2. The summed E-state index contributed by atoms with van der Waals surface area (Å²) in [4.78, 5) is 0. The van der Waals surface area contributed by atoms with Gasteiger partial charge in [-0.3, -0.25) is 0 Å². The van der Waals surface area contributed by atoms with Gasteiger partial charge in [-0.25, -0.2) is 0 Å². The van der Waals surface area contributed by atoms with Crippen LogP contribution in [-0.4, -0.2) is 0 Å². The fraction of sp³-hybridized carbons (Fsp3) is 0.667. The highest BCUT2D eigenvalue weighted by atomic mass is 14.8. The Kier molecular flexibility index (Phi) is 3.55. The fourth-order valence-corrected chi connectivity index (χ4v) is 2.96. The molecule has 19 heavy (non-hydrogen) atoms. The third kappa shape index (κ3) is 3.20. The van der Waals surface area contributed by atoms with Crippen molar-refractivity contribution in [3.8, 4) is 0 Å². The first-order valence-electron chi connectivity index (χ1n) is 7.52. The lowest BCUT2D eigenvalue weighted by Gasteiger charge is -2.41. The number of hydrogen-bond donors (Lipinski definition) is 1. The van der Waals surface area contributed by atoms with Crippen LogP contribution in [0.2, 0.25) is 0 Å². The maximum atomic E-state index is 6.66. The SMILES string of the molecule is CC1(C)CCC(N)(c2ccc(C(C)(C)C)cc2)CC1. The summed E-state index contributed by atoms with van der Waals surface area (Å²) >= 11 is 0. The van der Waals surface area contributed by atoms with Crippen molar-refractivity contribution in [2.75, 3.05) is 0 Å². The van der Waals surface area contributed by atoms with E-state index in [2.05, 4.69) is 58.9 Å². The zero-order valence-electron chi connectivity index (χ0n) is 13.2. The number of nitrogens with two attached hydrogens (primary N) is 1. The van der Waals surface area contributed by atoms with Crippen LogP contribution in [0.5, 0.6) is 0 Å². The highest BCUT2D eigenvalue weighted by Gasteiger charge is 2.36. The molecule has 0 bridgehead atoms. The van der Waals surface area contributed by atoms with E-state index in [0.29, 0.717) is 5.41 Å². The predicted molar refractivity (Wildman–Crippen MR) is 83.3 cm³/mol. The molecule has 0 aliphatic heterocycles. The number of hydrogen-bond acceptors (Lipinski definition) is 1. The summed E-state index contributed by atoms with van der Waals surface area (Å²) in [5, 5.41) is 0. The van der Waals surface area contributed by atoms with Crippen LogP contribution in [0.15, 0.2) is 24.3 Å². The maximum Gasteiger partial charge on any atom is 0.0410 e. The van der Waals surface area contributed by atoms with Gasteiger partial charge in [0.05, 0.1) is 0 Å². The van der Waals surface area contributed by atoms with Gasteiger partial charge in [0.1, 0.15) is 0 Å². The molecule has 0 radical (unpaired) electrons. The molecule has 0 atom stereocenters. The molecule has 0 heterocycles. The quantitative estimate of drug-likeness (QED) is 0.774. The normalized spacial score (nSPS) is 22.2. The van der Waals surface area contributed by atoms with E-state index >= 15 is 0 Å². The minimum Gasteiger partial charge on any atom is -0.321 e. The van der Waals surface area contributed by atoms with Crippen LogP contribution < -0.4 is 5.73 Å². The Balaban J connectivity index is 2.19. The molecule has 0 saturated heterocycles. The lowest BCUT2D eigenvalue weighted by atomic mass is 9.67. The van der Waals surface area contributed by atoms with E-state index in [9.17, 15) is 0 Å². The fourth-order valence-electron chi connectivity index (χ4n) is 2.96. The molecule has 106 valence electrons. The molecule has 1 fully saturated rings. The van der Waals surface area contributed by atoms with Crippen LogP contribution >= 0.6 is 0 Å². The summed E-state index contributed by atoms with van der Waals surface area (Å²) in [6.07, 6.45) is 4.67. The Morgan fingerprint density at radius 1 is 0.895 bits per heavy atom. The van der Waals surface area contributed by atoms with Crippen molar-refractivity contribution in [2.24, 2.45) is 11.1 Å². The van der Waals surface area contributed by atoms with Crippen LogP contribution in [0.1, 0.15) is 71.4 Å². The molecule has 1 saturated carbocycles.